The molecule has 0 atom stereocenters. The predicted molar refractivity (Wildman–Crippen MR) is 100 cm³/mol. The van der Waals surface area contributed by atoms with Crippen LogP contribution < -0.4 is 5.32 Å². The van der Waals surface area contributed by atoms with E-state index in [4.69, 9.17) is 23.2 Å². The van der Waals surface area contributed by atoms with Crippen LogP contribution in [-0.4, -0.2) is 35.0 Å². The fourth-order valence-corrected chi connectivity index (χ4v) is 3.31. The first kappa shape index (κ1) is 18.1. The first-order chi connectivity index (χ1) is 12.0. The molecule has 3 rings (SSSR count). The second-order valence-corrected chi connectivity index (χ2v) is 7.16. The Bertz CT molecular complexity index is 742. The fraction of sp³-hybridized carbons (Fsp3) is 0.316. The highest BCUT2D eigenvalue weighted by molar-refractivity contribution is 6.32. The number of nitrogens with one attached hydrogen (secondary N) is 1. The van der Waals surface area contributed by atoms with Crippen molar-refractivity contribution in [3.8, 4) is 5.75 Å². The highest BCUT2D eigenvalue weighted by atomic mass is 35.5. The molecule has 6 heteroatoms. The molecule has 0 aliphatic carbocycles. The summed E-state index contributed by atoms with van der Waals surface area (Å²) in [6.45, 7) is 2.76. The number of carbonyl (C=O) groups excluding carboxylic acids is 1. The summed E-state index contributed by atoms with van der Waals surface area (Å²) in [5.41, 5.74) is 1.71. The third-order valence-electron chi connectivity index (χ3n) is 4.45. The molecule has 1 amide bonds. The average molecular weight is 379 g/mol. The SMILES string of the molecule is O=C(NC1CCN(Cc2ccc(Cl)cc2)CC1)c1ccc(O)c(Cl)c1. The number of likely N-dealkylation sites (tertiary alicyclic amines) is 1. The van der Waals surface area contributed by atoms with E-state index in [0.29, 0.717) is 5.56 Å². The van der Waals surface area contributed by atoms with Gasteiger partial charge < -0.3 is 10.4 Å². The van der Waals surface area contributed by atoms with Gasteiger partial charge in [0.25, 0.3) is 5.91 Å². The van der Waals surface area contributed by atoms with Crippen molar-refractivity contribution in [1.29, 1.82) is 0 Å². The van der Waals surface area contributed by atoms with Crippen molar-refractivity contribution in [1.82, 2.24) is 10.2 Å². The lowest BCUT2D eigenvalue weighted by Crippen LogP contribution is -2.44. The summed E-state index contributed by atoms with van der Waals surface area (Å²) in [6.07, 6.45) is 1.82. The van der Waals surface area contributed by atoms with E-state index in [1.165, 1.54) is 17.7 Å². The number of nitrogens with zero attached hydrogens (tertiary/aromatic N) is 1. The molecule has 4 nitrogen and oxygen atoms in total. The van der Waals surface area contributed by atoms with Crippen molar-refractivity contribution in [3.63, 3.8) is 0 Å². The van der Waals surface area contributed by atoms with Crippen LogP contribution in [0.1, 0.15) is 28.8 Å². The van der Waals surface area contributed by atoms with Gasteiger partial charge in [-0.05, 0) is 48.7 Å². The lowest BCUT2D eigenvalue weighted by molar-refractivity contribution is 0.0909. The number of piperidine rings is 1. The molecule has 1 aliphatic rings. The van der Waals surface area contributed by atoms with Gasteiger partial charge in [0.05, 0.1) is 5.02 Å². The fourth-order valence-electron chi connectivity index (χ4n) is 3.00. The van der Waals surface area contributed by atoms with Gasteiger partial charge >= 0.3 is 0 Å². The van der Waals surface area contributed by atoms with Crippen LogP contribution in [0.15, 0.2) is 42.5 Å². The molecule has 2 N–H and O–H groups in total. The van der Waals surface area contributed by atoms with Crippen LogP contribution in [0.4, 0.5) is 0 Å². The van der Waals surface area contributed by atoms with Crippen LogP contribution in [-0.2, 0) is 6.54 Å². The van der Waals surface area contributed by atoms with Crippen LogP contribution >= 0.6 is 23.2 Å². The number of carbonyl (C=O) groups is 1. The van der Waals surface area contributed by atoms with Gasteiger partial charge in [-0.1, -0.05) is 35.3 Å². The third kappa shape index (κ3) is 4.88. The van der Waals surface area contributed by atoms with E-state index < -0.39 is 0 Å². The standard InChI is InChI=1S/C19H20Cl2N2O2/c20-15-4-1-13(2-5-15)12-23-9-7-16(8-10-23)22-19(25)14-3-6-18(24)17(21)11-14/h1-6,11,16,24H,7-10,12H2,(H,22,25). The summed E-state index contributed by atoms with van der Waals surface area (Å²) in [6, 6.07) is 12.6. The van der Waals surface area contributed by atoms with Crippen LogP contribution in [0.2, 0.25) is 10.0 Å². The average Bonchev–Trinajstić information content (AvgIpc) is 2.61. The number of phenols is 1. The second kappa shape index (κ2) is 8.09. The first-order valence-electron chi connectivity index (χ1n) is 8.27. The maximum absolute atomic E-state index is 12.3. The van der Waals surface area contributed by atoms with Gasteiger partial charge in [-0.15, -0.1) is 0 Å². The van der Waals surface area contributed by atoms with Gasteiger partial charge in [-0.3, -0.25) is 9.69 Å². The molecule has 1 heterocycles. The number of hydrogen-bond donors (Lipinski definition) is 2. The minimum atomic E-state index is -0.155. The van der Waals surface area contributed by atoms with Crippen LogP contribution in [0.3, 0.4) is 0 Å². The van der Waals surface area contributed by atoms with Crippen molar-refractivity contribution < 1.29 is 9.90 Å². The van der Waals surface area contributed by atoms with E-state index >= 15 is 0 Å². The zero-order valence-corrected chi connectivity index (χ0v) is 15.2. The molecule has 0 bridgehead atoms. The number of hydrogen-bond acceptors (Lipinski definition) is 3. The van der Waals surface area contributed by atoms with Crippen molar-refractivity contribution in [3.05, 3.63) is 63.6 Å². The zero-order chi connectivity index (χ0) is 17.8. The van der Waals surface area contributed by atoms with Crippen molar-refractivity contribution in [2.45, 2.75) is 25.4 Å². The number of rotatable bonds is 4. The highest BCUT2D eigenvalue weighted by Crippen LogP contribution is 2.24. The molecule has 2 aromatic rings. The molecule has 0 unspecified atom stereocenters. The van der Waals surface area contributed by atoms with Gasteiger partial charge in [0.1, 0.15) is 5.75 Å². The van der Waals surface area contributed by atoms with Gasteiger partial charge in [-0.2, -0.15) is 0 Å². The number of phenolic OH excluding ortho intramolecular Hbond substituents is 1. The number of aromatic hydroxyl groups is 1. The van der Waals surface area contributed by atoms with E-state index in [9.17, 15) is 9.90 Å². The number of halogens is 2. The third-order valence-corrected chi connectivity index (χ3v) is 5.01. The molecule has 0 saturated carbocycles. The molecule has 25 heavy (non-hydrogen) atoms. The van der Waals surface area contributed by atoms with Crippen LogP contribution in [0.5, 0.6) is 5.75 Å². The topological polar surface area (TPSA) is 52.6 Å². The maximum atomic E-state index is 12.3. The maximum Gasteiger partial charge on any atom is 0.251 e. The smallest absolute Gasteiger partial charge is 0.251 e. The Morgan fingerprint density at radius 2 is 1.80 bits per heavy atom. The summed E-state index contributed by atoms with van der Waals surface area (Å²) in [5, 5.41) is 13.4. The zero-order valence-electron chi connectivity index (χ0n) is 13.7. The Morgan fingerprint density at radius 1 is 1.12 bits per heavy atom. The summed E-state index contributed by atoms with van der Waals surface area (Å²) < 4.78 is 0. The number of benzene rings is 2. The largest absolute Gasteiger partial charge is 0.506 e. The molecule has 2 aromatic carbocycles. The quantitative estimate of drug-likeness (QED) is 0.841. The molecule has 1 aliphatic heterocycles. The Kier molecular flexibility index (Phi) is 5.84. The van der Waals surface area contributed by atoms with Gasteiger partial charge in [-0.25, -0.2) is 0 Å². The lowest BCUT2D eigenvalue weighted by atomic mass is 10.0. The summed E-state index contributed by atoms with van der Waals surface area (Å²) >= 11 is 11.8. The Hall–Kier alpha value is -1.75. The molecule has 1 saturated heterocycles. The lowest BCUT2D eigenvalue weighted by Gasteiger charge is -2.32. The minimum Gasteiger partial charge on any atom is -0.506 e. The molecule has 1 fully saturated rings. The normalized spacial score (nSPS) is 15.9. The van der Waals surface area contributed by atoms with Crippen molar-refractivity contribution >= 4 is 29.1 Å². The van der Waals surface area contributed by atoms with Crippen molar-refractivity contribution in [2.24, 2.45) is 0 Å². The monoisotopic (exact) mass is 378 g/mol. The van der Waals surface area contributed by atoms with Crippen LogP contribution in [0, 0.1) is 0 Å². The summed E-state index contributed by atoms with van der Waals surface area (Å²) in [5.74, 6) is -0.174. The first-order valence-corrected chi connectivity index (χ1v) is 9.03. The van der Waals surface area contributed by atoms with Gasteiger partial charge in [0.2, 0.25) is 0 Å². The minimum absolute atomic E-state index is 0.0197. The van der Waals surface area contributed by atoms with Gasteiger partial charge in [0, 0.05) is 36.3 Å². The molecule has 0 radical (unpaired) electrons. The Morgan fingerprint density at radius 3 is 2.44 bits per heavy atom. The second-order valence-electron chi connectivity index (χ2n) is 6.32. The Labute approximate surface area is 157 Å². The summed E-state index contributed by atoms with van der Waals surface area (Å²) in [4.78, 5) is 14.7. The summed E-state index contributed by atoms with van der Waals surface area (Å²) in [7, 11) is 0. The van der Waals surface area contributed by atoms with E-state index in [-0.39, 0.29) is 22.7 Å². The van der Waals surface area contributed by atoms with E-state index in [1.54, 1.807) is 6.07 Å². The van der Waals surface area contributed by atoms with E-state index in [1.807, 2.05) is 24.3 Å². The molecular weight excluding hydrogens is 359 g/mol. The van der Waals surface area contributed by atoms with E-state index in [0.717, 1.165) is 37.5 Å². The molecule has 0 spiro atoms. The highest BCUT2D eigenvalue weighted by Gasteiger charge is 2.21. The van der Waals surface area contributed by atoms with Gasteiger partial charge in [0.15, 0.2) is 0 Å². The van der Waals surface area contributed by atoms with E-state index in [2.05, 4.69) is 10.2 Å². The number of amides is 1. The molecule has 0 aromatic heterocycles. The van der Waals surface area contributed by atoms with Crippen LogP contribution in [0.25, 0.3) is 0 Å². The Balaban J connectivity index is 1.49. The molecular formula is C19H20Cl2N2O2. The molecule has 132 valence electrons. The predicted octanol–water partition coefficient (Wildman–Crippen LogP) is 4.09. The van der Waals surface area contributed by atoms with Crippen molar-refractivity contribution in [2.75, 3.05) is 13.1 Å².